The molecule has 1 aromatic heterocycles. The lowest BCUT2D eigenvalue weighted by molar-refractivity contribution is -0.143. The maximum atomic E-state index is 13.6. The third-order valence-corrected chi connectivity index (χ3v) is 6.44. The van der Waals surface area contributed by atoms with Crippen LogP contribution >= 0.6 is 0 Å². The number of hydrogen-bond acceptors (Lipinski definition) is 3. The Bertz CT molecular complexity index is 1090. The molecule has 1 aliphatic heterocycles. The van der Waals surface area contributed by atoms with E-state index in [0.717, 1.165) is 28.9 Å². The molecule has 0 radical (unpaired) electrons. The van der Waals surface area contributed by atoms with Crippen LogP contribution in [0, 0.1) is 6.92 Å². The topological polar surface area (TPSA) is 67.2 Å². The van der Waals surface area contributed by atoms with Crippen molar-refractivity contribution in [2.45, 2.75) is 45.2 Å². The fourth-order valence-electron chi connectivity index (χ4n) is 4.82. The summed E-state index contributed by atoms with van der Waals surface area (Å²) in [5.41, 5.74) is 2.42. The van der Waals surface area contributed by atoms with Crippen molar-refractivity contribution in [3.8, 4) is 11.1 Å². The number of rotatable bonds is 7. The smallest absolute Gasteiger partial charge is 0.246 e. The van der Waals surface area contributed by atoms with Gasteiger partial charge in [0.25, 0.3) is 0 Å². The standard InChI is InChI=1S/C26H30N4O2/c1-20-27-14-17-29(20)18-15-28-25(32)26(13-8-16-30(26)21(2)31)19-23-11-6-7-12-24(23)22-9-4-3-5-10-22/h3-7,9-12,14,17H,8,13,15-16,18-19H2,1-2H3,(H,28,32). The Balaban J connectivity index is 1.61. The molecule has 32 heavy (non-hydrogen) atoms. The lowest BCUT2D eigenvalue weighted by Gasteiger charge is -2.37. The van der Waals surface area contributed by atoms with Crippen LogP contribution < -0.4 is 5.32 Å². The molecular weight excluding hydrogens is 400 g/mol. The molecule has 0 aliphatic carbocycles. The van der Waals surface area contributed by atoms with Gasteiger partial charge in [-0.25, -0.2) is 4.98 Å². The molecule has 2 aromatic carbocycles. The molecule has 6 heteroatoms. The Morgan fingerprint density at radius 3 is 2.56 bits per heavy atom. The van der Waals surface area contributed by atoms with Crippen molar-refractivity contribution in [2.24, 2.45) is 0 Å². The highest BCUT2D eigenvalue weighted by atomic mass is 16.2. The van der Waals surface area contributed by atoms with Gasteiger partial charge >= 0.3 is 0 Å². The van der Waals surface area contributed by atoms with Gasteiger partial charge < -0.3 is 14.8 Å². The maximum absolute atomic E-state index is 13.6. The van der Waals surface area contributed by atoms with Crippen LogP contribution in [0.15, 0.2) is 67.0 Å². The zero-order chi connectivity index (χ0) is 22.6. The normalized spacial score (nSPS) is 18.0. The van der Waals surface area contributed by atoms with Gasteiger partial charge in [-0.05, 0) is 36.5 Å². The number of imidazole rings is 1. The quantitative estimate of drug-likeness (QED) is 0.623. The third kappa shape index (κ3) is 4.31. The molecule has 3 aromatic rings. The van der Waals surface area contributed by atoms with Crippen molar-refractivity contribution in [1.29, 1.82) is 0 Å². The monoisotopic (exact) mass is 430 g/mol. The molecule has 1 atom stereocenters. The van der Waals surface area contributed by atoms with Crippen LogP contribution in [0.2, 0.25) is 0 Å². The van der Waals surface area contributed by atoms with Gasteiger partial charge in [0.05, 0.1) is 0 Å². The summed E-state index contributed by atoms with van der Waals surface area (Å²) in [5, 5.41) is 3.11. The van der Waals surface area contributed by atoms with Crippen molar-refractivity contribution in [2.75, 3.05) is 13.1 Å². The predicted molar refractivity (Wildman–Crippen MR) is 125 cm³/mol. The third-order valence-electron chi connectivity index (χ3n) is 6.44. The summed E-state index contributed by atoms with van der Waals surface area (Å²) in [6.45, 7) is 5.25. The zero-order valence-electron chi connectivity index (χ0n) is 18.8. The number of nitrogens with zero attached hydrogens (tertiary/aromatic N) is 3. The van der Waals surface area contributed by atoms with Crippen LogP contribution in [0.5, 0.6) is 0 Å². The molecule has 1 fully saturated rings. The molecule has 0 spiro atoms. The van der Waals surface area contributed by atoms with Crippen LogP contribution in [-0.4, -0.2) is 44.9 Å². The highest BCUT2D eigenvalue weighted by Crippen LogP contribution is 2.36. The minimum Gasteiger partial charge on any atom is -0.352 e. The molecule has 1 N–H and O–H groups in total. The van der Waals surface area contributed by atoms with Crippen molar-refractivity contribution < 1.29 is 9.59 Å². The molecule has 166 valence electrons. The first-order valence-corrected chi connectivity index (χ1v) is 11.2. The minimum atomic E-state index is -0.874. The van der Waals surface area contributed by atoms with Gasteiger partial charge in [0.15, 0.2) is 0 Å². The van der Waals surface area contributed by atoms with Gasteiger partial charge in [0.2, 0.25) is 11.8 Å². The number of likely N-dealkylation sites (tertiary alicyclic amines) is 1. The Hall–Kier alpha value is -3.41. The number of aromatic nitrogens is 2. The van der Waals surface area contributed by atoms with E-state index in [-0.39, 0.29) is 11.8 Å². The molecule has 1 saturated heterocycles. The number of carbonyl (C=O) groups excluding carboxylic acids is 2. The van der Waals surface area contributed by atoms with Gasteiger partial charge in [0, 0.05) is 45.4 Å². The SMILES string of the molecule is CC(=O)N1CCCC1(Cc1ccccc1-c1ccccc1)C(=O)NCCn1ccnc1C. The number of carbonyl (C=O) groups is 2. The van der Waals surface area contributed by atoms with E-state index < -0.39 is 5.54 Å². The van der Waals surface area contributed by atoms with Gasteiger partial charge in [-0.1, -0.05) is 54.6 Å². The Labute approximate surface area is 189 Å². The van der Waals surface area contributed by atoms with Crippen molar-refractivity contribution >= 4 is 11.8 Å². The van der Waals surface area contributed by atoms with Crippen LogP contribution in [0.25, 0.3) is 11.1 Å². The van der Waals surface area contributed by atoms with E-state index in [1.54, 1.807) is 18.0 Å². The van der Waals surface area contributed by atoms with E-state index in [9.17, 15) is 9.59 Å². The summed E-state index contributed by atoms with van der Waals surface area (Å²) in [6, 6.07) is 18.4. The Morgan fingerprint density at radius 2 is 1.84 bits per heavy atom. The van der Waals surface area contributed by atoms with Crippen LogP contribution in [-0.2, 0) is 22.6 Å². The van der Waals surface area contributed by atoms with Gasteiger partial charge in [-0.15, -0.1) is 0 Å². The molecule has 1 unspecified atom stereocenters. The van der Waals surface area contributed by atoms with Crippen molar-refractivity contribution in [3.63, 3.8) is 0 Å². The summed E-state index contributed by atoms with van der Waals surface area (Å²) in [7, 11) is 0. The second kappa shape index (κ2) is 9.39. The summed E-state index contributed by atoms with van der Waals surface area (Å²) in [4.78, 5) is 32.2. The molecular formula is C26H30N4O2. The fourth-order valence-corrected chi connectivity index (χ4v) is 4.82. The lowest BCUT2D eigenvalue weighted by atomic mass is 9.84. The van der Waals surface area contributed by atoms with Crippen molar-refractivity contribution in [1.82, 2.24) is 19.8 Å². The average Bonchev–Trinajstić information content (AvgIpc) is 3.41. The number of benzene rings is 2. The van der Waals surface area contributed by atoms with E-state index in [4.69, 9.17) is 0 Å². The van der Waals surface area contributed by atoms with E-state index in [1.165, 1.54) is 0 Å². The lowest BCUT2D eigenvalue weighted by Crippen LogP contribution is -2.58. The molecule has 2 amide bonds. The van der Waals surface area contributed by atoms with E-state index in [2.05, 4.69) is 34.6 Å². The Morgan fingerprint density at radius 1 is 1.09 bits per heavy atom. The van der Waals surface area contributed by atoms with Gasteiger partial charge in [-0.2, -0.15) is 0 Å². The number of nitrogens with one attached hydrogen (secondary N) is 1. The first-order chi connectivity index (χ1) is 15.5. The molecule has 0 saturated carbocycles. The molecule has 0 bridgehead atoms. The van der Waals surface area contributed by atoms with Gasteiger partial charge in [-0.3, -0.25) is 9.59 Å². The fraction of sp³-hybridized carbons (Fsp3) is 0.346. The summed E-state index contributed by atoms with van der Waals surface area (Å²) in [5.74, 6) is 0.781. The van der Waals surface area contributed by atoms with Crippen LogP contribution in [0.1, 0.15) is 31.2 Å². The van der Waals surface area contributed by atoms with E-state index in [0.29, 0.717) is 32.5 Å². The highest BCUT2D eigenvalue weighted by Gasteiger charge is 2.48. The molecule has 4 rings (SSSR count). The first-order valence-electron chi connectivity index (χ1n) is 11.2. The predicted octanol–water partition coefficient (Wildman–Crippen LogP) is 3.60. The number of amides is 2. The van der Waals surface area contributed by atoms with Gasteiger partial charge in [0.1, 0.15) is 11.4 Å². The number of aryl methyl sites for hydroxylation is 1. The molecule has 1 aliphatic rings. The second-order valence-corrected chi connectivity index (χ2v) is 8.43. The summed E-state index contributed by atoms with van der Waals surface area (Å²) >= 11 is 0. The van der Waals surface area contributed by atoms with Crippen LogP contribution in [0.3, 0.4) is 0 Å². The van der Waals surface area contributed by atoms with E-state index >= 15 is 0 Å². The van der Waals surface area contributed by atoms with Crippen LogP contribution in [0.4, 0.5) is 0 Å². The largest absolute Gasteiger partial charge is 0.352 e. The maximum Gasteiger partial charge on any atom is 0.246 e. The minimum absolute atomic E-state index is 0.0553. The average molecular weight is 431 g/mol. The number of hydrogen-bond donors (Lipinski definition) is 1. The first kappa shape index (κ1) is 21.8. The second-order valence-electron chi connectivity index (χ2n) is 8.43. The zero-order valence-corrected chi connectivity index (χ0v) is 18.8. The van der Waals surface area contributed by atoms with Crippen molar-refractivity contribution in [3.05, 3.63) is 78.4 Å². The molecule has 6 nitrogen and oxygen atoms in total. The molecule has 2 heterocycles. The van der Waals surface area contributed by atoms with E-state index in [1.807, 2.05) is 48.0 Å². The summed E-state index contributed by atoms with van der Waals surface area (Å²) < 4.78 is 2.01. The highest BCUT2D eigenvalue weighted by molar-refractivity contribution is 5.92. The Kier molecular flexibility index (Phi) is 6.40. The summed E-state index contributed by atoms with van der Waals surface area (Å²) in [6.07, 6.45) is 5.64.